The summed E-state index contributed by atoms with van der Waals surface area (Å²) in [4.78, 5) is 13.5. The third-order valence-electron chi connectivity index (χ3n) is 4.62. The third-order valence-corrected chi connectivity index (χ3v) is 4.62. The van der Waals surface area contributed by atoms with E-state index in [0.717, 1.165) is 45.3 Å². The molecular formula is C17H35N3O4. The molecule has 0 aromatic rings. The number of likely N-dealkylation sites (tertiary alicyclic amines) is 1. The summed E-state index contributed by atoms with van der Waals surface area (Å²) in [5.41, 5.74) is 2.01. The summed E-state index contributed by atoms with van der Waals surface area (Å²) in [6.07, 6.45) is 9.71. The van der Waals surface area contributed by atoms with Gasteiger partial charge in [-0.2, -0.15) is 0 Å². The van der Waals surface area contributed by atoms with Crippen LogP contribution in [0, 0.1) is 0 Å². The zero-order chi connectivity index (χ0) is 17.6. The molecule has 1 heterocycles. The van der Waals surface area contributed by atoms with Crippen LogP contribution in [0.15, 0.2) is 0 Å². The van der Waals surface area contributed by atoms with Gasteiger partial charge in [0, 0.05) is 27.3 Å². The zero-order valence-corrected chi connectivity index (χ0v) is 15.3. The van der Waals surface area contributed by atoms with Crippen molar-refractivity contribution in [1.82, 2.24) is 10.3 Å². The average Bonchev–Trinajstić information content (AvgIpc) is 2.61. The Morgan fingerprint density at radius 1 is 1.08 bits per heavy atom. The first-order valence-electron chi connectivity index (χ1n) is 9.14. The van der Waals surface area contributed by atoms with Crippen molar-refractivity contribution in [3.8, 4) is 0 Å². The van der Waals surface area contributed by atoms with Crippen LogP contribution in [0.4, 0.5) is 4.79 Å². The lowest BCUT2D eigenvalue weighted by atomic mass is 10.1. The Morgan fingerprint density at radius 3 is 2.25 bits per heavy atom. The predicted molar refractivity (Wildman–Crippen MR) is 93.4 cm³/mol. The molecule has 1 aliphatic rings. The molecule has 142 valence electrons. The number of carbonyl (C=O) groups is 1. The number of ether oxygens (including phenoxy) is 3. The number of methoxy groups -OCH3 is 2. The number of hydrogen-bond acceptors (Lipinski definition) is 6. The van der Waals surface area contributed by atoms with E-state index in [4.69, 9.17) is 20.1 Å². The van der Waals surface area contributed by atoms with Crippen LogP contribution in [-0.4, -0.2) is 57.2 Å². The van der Waals surface area contributed by atoms with Crippen LogP contribution in [0.2, 0.25) is 0 Å². The van der Waals surface area contributed by atoms with Crippen LogP contribution >= 0.6 is 0 Å². The molecule has 0 bridgehead atoms. The van der Waals surface area contributed by atoms with E-state index in [1.54, 1.807) is 14.2 Å². The first-order valence-corrected chi connectivity index (χ1v) is 9.14. The predicted octanol–water partition coefficient (Wildman–Crippen LogP) is 2.40. The van der Waals surface area contributed by atoms with Crippen LogP contribution in [0.3, 0.4) is 0 Å². The van der Waals surface area contributed by atoms with Crippen molar-refractivity contribution in [2.45, 2.75) is 70.2 Å². The Kier molecular flexibility index (Phi) is 11.8. The molecule has 0 aromatic heterocycles. The van der Waals surface area contributed by atoms with E-state index in [-0.39, 0.29) is 12.4 Å². The van der Waals surface area contributed by atoms with Crippen LogP contribution in [0.25, 0.3) is 0 Å². The van der Waals surface area contributed by atoms with Gasteiger partial charge in [0.2, 0.25) is 0 Å². The lowest BCUT2D eigenvalue weighted by Gasteiger charge is -2.31. The van der Waals surface area contributed by atoms with E-state index in [1.807, 2.05) is 5.43 Å². The number of carbonyl (C=O) groups excluding carboxylic acids is 1. The molecule has 1 fully saturated rings. The maximum atomic E-state index is 11.1. The van der Waals surface area contributed by atoms with Gasteiger partial charge in [0.1, 0.15) is 6.10 Å². The van der Waals surface area contributed by atoms with Gasteiger partial charge < -0.3 is 19.1 Å². The quantitative estimate of drug-likeness (QED) is 0.186. The number of rotatable bonds is 12. The highest BCUT2D eigenvalue weighted by atomic mass is 16.7. The third kappa shape index (κ3) is 9.42. The molecule has 0 radical (unpaired) electrons. The lowest BCUT2D eigenvalue weighted by molar-refractivity contribution is -0.107. The topological polar surface area (TPSA) is 86.1 Å². The van der Waals surface area contributed by atoms with Crippen molar-refractivity contribution >= 4 is 6.09 Å². The molecule has 24 heavy (non-hydrogen) atoms. The molecule has 0 atom stereocenters. The molecule has 3 N–H and O–H groups in total. The van der Waals surface area contributed by atoms with Crippen molar-refractivity contribution < 1.29 is 19.0 Å². The second-order valence-electron chi connectivity index (χ2n) is 6.40. The van der Waals surface area contributed by atoms with Crippen LogP contribution in [0.5, 0.6) is 0 Å². The van der Waals surface area contributed by atoms with Gasteiger partial charge in [-0.25, -0.2) is 10.6 Å². The summed E-state index contributed by atoms with van der Waals surface area (Å²) < 4.78 is 15.5. The van der Waals surface area contributed by atoms with Crippen molar-refractivity contribution in [1.29, 1.82) is 0 Å². The monoisotopic (exact) mass is 345 g/mol. The van der Waals surface area contributed by atoms with E-state index in [0.29, 0.717) is 0 Å². The van der Waals surface area contributed by atoms with Gasteiger partial charge in [0.05, 0.1) is 0 Å². The summed E-state index contributed by atoms with van der Waals surface area (Å²) in [5, 5.41) is 0. The summed E-state index contributed by atoms with van der Waals surface area (Å²) in [6, 6.07) is 0. The van der Waals surface area contributed by atoms with Crippen LogP contribution < -0.4 is 11.3 Å². The number of unbranched alkanes of at least 4 members (excludes halogenated alkanes) is 5. The number of hydrazine groups is 1. The van der Waals surface area contributed by atoms with Gasteiger partial charge in [-0.05, 0) is 38.6 Å². The number of nitrogens with two attached hydrogens (primary N) is 1. The van der Waals surface area contributed by atoms with E-state index >= 15 is 0 Å². The van der Waals surface area contributed by atoms with Crippen molar-refractivity contribution in [2.24, 2.45) is 5.84 Å². The Morgan fingerprint density at radius 2 is 1.67 bits per heavy atom. The second kappa shape index (κ2) is 13.4. The Balaban J connectivity index is 1.91. The molecule has 0 aromatic carbocycles. The molecule has 7 heteroatoms. The maximum absolute atomic E-state index is 11.1. The SMILES string of the molecule is COC(CCCCCCCCN1CCC(OC(=O)NN)CC1)OC. The molecule has 1 aliphatic heterocycles. The highest BCUT2D eigenvalue weighted by molar-refractivity contribution is 5.66. The fourth-order valence-corrected chi connectivity index (χ4v) is 3.12. The molecule has 0 unspecified atom stereocenters. The fourth-order valence-electron chi connectivity index (χ4n) is 3.12. The van der Waals surface area contributed by atoms with E-state index in [9.17, 15) is 4.79 Å². The van der Waals surface area contributed by atoms with Gasteiger partial charge in [0.15, 0.2) is 6.29 Å². The smallest absolute Gasteiger partial charge is 0.421 e. The minimum Gasteiger partial charge on any atom is -0.445 e. The molecule has 0 saturated carbocycles. The summed E-state index contributed by atoms with van der Waals surface area (Å²) in [5.74, 6) is 5.02. The number of amides is 1. The summed E-state index contributed by atoms with van der Waals surface area (Å²) in [6.45, 7) is 3.14. The van der Waals surface area contributed by atoms with E-state index < -0.39 is 6.09 Å². The minimum absolute atomic E-state index is 0.00725. The first-order chi connectivity index (χ1) is 11.7. The minimum atomic E-state index is -0.532. The molecule has 0 aliphatic carbocycles. The fraction of sp³-hybridized carbons (Fsp3) is 0.941. The first kappa shape index (κ1) is 21.2. The summed E-state index contributed by atoms with van der Waals surface area (Å²) >= 11 is 0. The highest BCUT2D eigenvalue weighted by Gasteiger charge is 2.21. The molecule has 1 amide bonds. The Labute approximate surface area is 146 Å². The Hall–Kier alpha value is -0.890. The second-order valence-corrected chi connectivity index (χ2v) is 6.40. The van der Waals surface area contributed by atoms with Crippen molar-refractivity contribution in [2.75, 3.05) is 33.9 Å². The number of hydrogen-bond donors (Lipinski definition) is 2. The molecule has 7 nitrogen and oxygen atoms in total. The van der Waals surface area contributed by atoms with Gasteiger partial charge in [-0.3, -0.25) is 5.43 Å². The van der Waals surface area contributed by atoms with Gasteiger partial charge in [-0.1, -0.05) is 25.7 Å². The number of piperidine rings is 1. The van der Waals surface area contributed by atoms with Gasteiger partial charge in [0.25, 0.3) is 0 Å². The zero-order valence-electron chi connectivity index (χ0n) is 15.3. The average molecular weight is 345 g/mol. The van der Waals surface area contributed by atoms with Crippen molar-refractivity contribution in [3.63, 3.8) is 0 Å². The molecule has 1 rings (SSSR count). The highest BCUT2D eigenvalue weighted by Crippen LogP contribution is 2.15. The Bertz CT molecular complexity index is 319. The molecule has 1 saturated heterocycles. The molecule has 0 spiro atoms. The van der Waals surface area contributed by atoms with Gasteiger partial charge in [-0.15, -0.1) is 0 Å². The number of nitrogens with one attached hydrogen (secondary N) is 1. The lowest BCUT2D eigenvalue weighted by Crippen LogP contribution is -2.41. The molecular weight excluding hydrogens is 310 g/mol. The van der Waals surface area contributed by atoms with Gasteiger partial charge >= 0.3 is 6.09 Å². The summed E-state index contributed by atoms with van der Waals surface area (Å²) in [7, 11) is 3.38. The maximum Gasteiger partial charge on any atom is 0.421 e. The largest absolute Gasteiger partial charge is 0.445 e. The van der Waals surface area contributed by atoms with Crippen LogP contribution in [-0.2, 0) is 14.2 Å². The standard InChI is InChI=1S/C17H35N3O4/c1-22-16(23-2)9-7-5-3-4-6-8-12-20-13-10-15(11-14-20)24-17(21)19-18/h15-16H,3-14,18H2,1-2H3,(H,19,21). The van der Waals surface area contributed by atoms with E-state index in [2.05, 4.69) is 4.90 Å². The number of nitrogens with zero attached hydrogens (tertiary/aromatic N) is 1. The van der Waals surface area contributed by atoms with Crippen molar-refractivity contribution in [3.05, 3.63) is 0 Å². The van der Waals surface area contributed by atoms with E-state index in [1.165, 1.54) is 32.1 Å². The normalized spacial score (nSPS) is 16.5. The van der Waals surface area contributed by atoms with Crippen LogP contribution in [0.1, 0.15) is 57.8 Å².